The van der Waals surface area contributed by atoms with Gasteiger partial charge in [-0.25, -0.2) is 0 Å². The molecule has 0 heterocycles. The van der Waals surface area contributed by atoms with Crippen LogP contribution in [0.25, 0.3) is 0 Å². The Kier molecular flexibility index (Phi) is 4.95. The molecule has 4 nitrogen and oxygen atoms in total. The van der Waals surface area contributed by atoms with Crippen molar-refractivity contribution in [3.63, 3.8) is 0 Å². The molecule has 0 aliphatic rings. The first-order chi connectivity index (χ1) is 7.59. The third kappa shape index (κ3) is 4.42. The van der Waals surface area contributed by atoms with E-state index in [2.05, 4.69) is 0 Å². The fourth-order valence-electron chi connectivity index (χ4n) is 1.48. The zero-order chi connectivity index (χ0) is 12.0. The van der Waals surface area contributed by atoms with Gasteiger partial charge in [-0.15, -0.1) is 0 Å². The third-order valence-electron chi connectivity index (χ3n) is 2.37. The van der Waals surface area contributed by atoms with Crippen molar-refractivity contribution in [1.29, 1.82) is 0 Å². The van der Waals surface area contributed by atoms with Crippen LogP contribution in [0.5, 0.6) is 0 Å². The minimum absolute atomic E-state index is 0.0807. The van der Waals surface area contributed by atoms with Crippen LogP contribution in [0.15, 0.2) is 30.3 Å². The number of carboxylic acids is 1. The maximum Gasteiger partial charge on any atom is 0.303 e. The van der Waals surface area contributed by atoms with E-state index >= 15 is 0 Å². The Morgan fingerprint density at radius 3 is 2.38 bits per heavy atom. The van der Waals surface area contributed by atoms with Gasteiger partial charge in [-0.1, -0.05) is 30.3 Å². The van der Waals surface area contributed by atoms with Crippen molar-refractivity contribution in [3.05, 3.63) is 35.9 Å². The zero-order valence-electron chi connectivity index (χ0n) is 8.91. The summed E-state index contributed by atoms with van der Waals surface area (Å²) in [6.07, 6.45) is -1.28. The summed E-state index contributed by atoms with van der Waals surface area (Å²) < 4.78 is 0. The molecular formula is C12H16O4. The third-order valence-corrected chi connectivity index (χ3v) is 2.37. The molecule has 1 rings (SSSR count). The van der Waals surface area contributed by atoms with Gasteiger partial charge in [-0.05, 0) is 12.0 Å². The van der Waals surface area contributed by atoms with Gasteiger partial charge in [0.1, 0.15) is 0 Å². The van der Waals surface area contributed by atoms with E-state index in [-0.39, 0.29) is 19.3 Å². The van der Waals surface area contributed by atoms with Crippen LogP contribution in [-0.2, 0) is 4.79 Å². The molecule has 88 valence electrons. The second kappa shape index (κ2) is 6.25. The smallest absolute Gasteiger partial charge is 0.303 e. The molecule has 0 fully saturated rings. The summed E-state index contributed by atoms with van der Waals surface area (Å²) in [5.41, 5.74) is 0.733. The normalized spacial score (nSPS) is 14.4. The Balaban J connectivity index is 2.39. The van der Waals surface area contributed by atoms with Gasteiger partial charge < -0.3 is 15.3 Å². The van der Waals surface area contributed by atoms with Gasteiger partial charge in [0, 0.05) is 12.8 Å². The number of aliphatic hydroxyl groups excluding tert-OH is 2. The lowest BCUT2D eigenvalue weighted by Crippen LogP contribution is -2.14. The summed E-state index contributed by atoms with van der Waals surface area (Å²) in [6, 6.07) is 9.00. The quantitative estimate of drug-likeness (QED) is 0.681. The van der Waals surface area contributed by atoms with Gasteiger partial charge in [0.2, 0.25) is 0 Å². The van der Waals surface area contributed by atoms with E-state index in [0.29, 0.717) is 0 Å². The highest BCUT2D eigenvalue weighted by molar-refractivity contribution is 5.66. The SMILES string of the molecule is O=C(O)CCC(O)CC(O)c1ccccc1. The molecule has 2 unspecified atom stereocenters. The molecular weight excluding hydrogens is 208 g/mol. The Hall–Kier alpha value is -1.39. The van der Waals surface area contributed by atoms with Crippen LogP contribution in [0.2, 0.25) is 0 Å². The van der Waals surface area contributed by atoms with E-state index in [9.17, 15) is 15.0 Å². The lowest BCUT2D eigenvalue weighted by Gasteiger charge is -2.15. The summed E-state index contributed by atoms with van der Waals surface area (Å²) >= 11 is 0. The molecule has 1 aromatic carbocycles. The summed E-state index contributed by atoms with van der Waals surface area (Å²) in [5, 5.41) is 27.7. The van der Waals surface area contributed by atoms with Crippen LogP contribution < -0.4 is 0 Å². The topological polar surface area (TPSA) is 77.8 Å². The standard InChI is InChI=1S/C12H16O4/c13-10(6-7-12(15)16)8-11(14)9-4-2-1-3-5-9/h1-5,10-11,13-14H,6-8H2,(H,15,16). The van der Waals surface area contributed by atoms with E-state index in [4.69, 9.17) is 5.11 Å². The van der Waals surface area contributed by atoms with Gasteiger partial charge in [-0.3, -0.25) is 4.79 Å². The van der Waals surface area contributed by atoms with Crippen LogP contribution in [-0.4, -0.2) is 27.4 Å². The Morgan fingerprint density at radius 1 is 1.19 bits per heavy atom. The predicted molar refractivity (Wildman–Crippen MR) is 58.9 cm³/mol. The summed E-state index contributed by atoms with van der Waals surface area (Å²) in [7, 11) is 0. The van der Waals surface area contributed by atoms with Crippen molar-refractivity contribution < 1.29 is 20.1 Å². The van der Waals surface area contributed by atoms with Crippen molar-refractivity contribution in [2.24, 2.45) is 0 Å². The zero-order valence-corrected chi connectivity index (χ0v) is 8.91. The molecule has 0 radical (unpaired) electrons. The molecule has 1 aromatic rings. The van der Waals surface area contributed by atoms with Crippen LogP contribution >= 0.6 is 0 Å². The van der Waals surface area contributed by atoms with Crippen LogP contribution in [0.4, 0.5) is 0 Å². The highest BCUT2D eigenvalue weighted by Crippen LogP contribution is 2.19. The second-order valence-corrected chi connectivity index (χ2v) is 3.75. The summed E-state index contributed by atoms with van der Waals surface area (Å²) in [6.45, 7) is 0. The molecule has 0 saturated carbocycles. The average Bonchev–Trinajstić information content (AvgIpc) is 2.27. The molecule has 2 atom stereocenters. The van der Waals surface area contributed by atoms with E-state index in [1.54, 1.807) is 12.1 Å². The largest absolute Gasteiger partial charge is 0.481 e. The Labute approximate surface area is 94.2 Å². The number of aliphatic carboxylic acids is 1. The maximum atomic E-state index is 10.3. The Morgan fingerprint density at radius 2 is 1.81 bits per heavy atom. The fourth-order valence-corrected chi connectivity index (χ4v) is 1.48. The first kappa shape index (κ1) is 12.7. The number of hydrogen-bond acceptors (Lipinski definition) is 3. The summed E-state index contributed by atoms with van der Waals surface area (Å²) in [5.74, 6) is -0.937. The van der Waals surface area contributed by atoms with Crippen molar-refractivity contribution in [2.45, 2.75) is 31.5 Å². The van der Waals surface area contributed by atoms with Crippen LogP contribution in [0, 0.1) is 0 Å². The molecule has 3 N–H and O–H groups in total. The monoisotopic (exact) mass is 224 g/mol. The molecule has 4 heteroatoms. The van der Waals surface area contributed by atoms with Crippen LogP contribution in [0.1, 0.15) is 30.9 Å². The molecule has 0 aliphatic carbocycles. The highest BCUT2D eigenvalue weighted by atomic mass is 16.4. The van der Waals surface area contributed by atoms with Crippen molar-refractivity contribution in [1.82, 2.24) is 0 Å². The molecule has 16 heavy (non-hydrogen) atoms. The lowest BCUT2D eigenvalue weighted by molar-refractivity contribution is -0.137. The van der Waals surface area contributed by atoms with E-state index < -0.39 is 18.2 Å². The van der Waals surface area contributed by atoms with Crippen molar-refractivity contribution in [2.75, 3.05) is 0 Å². The van der Waals surface area contributed by atoms with E-state index in [0.717, 1.165) is 5.56 Å². The number of hydrogen-bond donors (Lipinski definition) is 3. The maximum absolute atomic E-state index is 10.3. The van der Waals surface area contributed by atoms with Crippen LogP contribution in [0.3, 0.4) is 0 Å². The Bertz CT molecular complexity index is 323. The first-order valence-corrected chi connectivity index (χ1v) is 5.22. The summed E-state index contributed by atoms with van der Waals surface area (Å²) in [4.78, 5) is 10.3. The number of aliphatic hydroxyl groups is 2. The lowest BCUT2D eigenvalue weighted by atomic mass is 10.0. The van der Waals surface area contributed by atoms with E-state index in [1.165, 1.54) is 0 Å². The number of benzene rings is 1. The first-order valence-electron chi connectivity index (χ1n) is 5.22. The molecule has 0 bridgehead atoms. The predicted octanol–water partition coefficient (Wildman–Crippen LogP) is 1.34. The number of rotatable bonds is 6. The molecule has 0 aliphatic heterocycles. The average molecular weight is 224 g/mol. The minimum Gasteiger partial charge on any atom is -0.481 e. The van der Waals surface area contributed by atoms with E-state index in [1.807, 2.05) is 18.2 Å². The molecule has 0 saturated heterocycles. The van der Waals surface area contributed by atoms with Gasteiger partial charge in [0.15, 0.2) is 0 Å². The molecule has 0 aromatic heterocycles. The van der Waals surface area contributed by atoms with Crippen molar-refractivity contribution >= 4 is 5.97 Å². The van der Waals surface area contributed by atoms with Gasteiger partial charge in [0.25, 0.3) is 0 Å². The van der Waals surface area contributed by atoms with Crippen molar-refractivity contribution in [3.8, 4) is 0 Å². The molecule has 0 amide bonds. The fraction of sp³-hybridized carbons (Fsp3) is 0.417. The second-order valence-electron chi connectivity index (χ2n) is 3.75. The van der Waals surface area contributed by atoms with Gasteiger partial charge >= 0.3 is 5.97 Å². The van der Waals surface area contributed by atoms with Gasteiger partial charge in [0.05, 0.1) is 12.2 Å². The molecule has 0 spiro atoms. The number of carbonyl (C=O) groups is 1. The number of carboxylic acid groups (broad SMARTS) is 1. The minimum atomic E-state index is -0.937. The van der Waals surface area contributed by atoms with Gasteiger partial charge in [-0.2, -0.15) is 0 Å². The highest BCUT2D eigenvalue weighted by Gasteiger charge is 2.14.